The second-order valence-corrected chi connectivity index (χ2v) is 9.79. The monoisotopic (exact) mass is 536 g/mol. The van der Waals surface area contributed by atoms with Crippen LogP contribution in [0, 0.1) is 0 Å². The highest BCUT2D eigenvalue weighted by atomic mass is 35.5. The van der Waals surface area contributed by atoms with Crippen molar-refractivity contribution in [2.75, 3.05) is 17.7 Å². The number of amides is 2. The van der Waals surface area contributed by atoms with Crippen LogP contribution in [-0.4, -0.2) is 18.9 Å². The van der Waals surface area contributed by atoms with Gasteiger partial charge in [0.25, 0.3) is 5.91 Å². The molecule has 0 aliphatic carbocycles. The van der Waals surface area contributed by atoms with Crippen LogP contribution < -0.4 is 15.4 Å². The normalized spacial score (nSPS) is 11.4. The summed E-state index contributed by atoms with van der Waals surface area (Å²) < 4.78 is 5.37. The summed E-state index contributed by atoms with van der Waals surface area (Å²) in [6, 6.07) is 28.6. The zero-order valence-corrected chi connectivity index (χ0v) is 21.5. The molecule has 8 heteroatoms. The predicted octanol–water partition coefficient (Wildman–Crippen LogP) is 7.73. The van der Waals surface area contributed by atoms with Gasteiger partial charge in [0.05, 0.1) is 12.8 Å². The Labute approximate surface area is 223 Å². The number of carbonyl (C=O) groups excluding carboxylic acids is 2. The zero-order valence-electron chi connectivity index (χ0n) is 19.2. The van der Waals surface area contributed by atoms with Crippen molar-refractivity contribution in [3.05, 3.63) is 118 Å². The number of halogens is 2. The topological polar surface area (TPSA) is 67.4 Å². The molecule has 0 aliphatic heterocycles. The zero-order chi connectivity index (χ0) is 25.5. The molecule has 182 valence electrons. The third-order valence-corrected chi connectivity index (χ3v) is 6.91. The summed E-state index contributed by atoms with van der Waals surface area (Å²) in [5.41, 5.74) is 2.37. The lowest BCUT2D eigenvalue weighted by molar-refractivity contribution is -0.115. The molecule has 0 heterocycles. The first-order chi connectivity index (χ1) is 17.4. The van der Waals surface area contributed by atoms with Gasteiger partial charge in [-0.15, -0.1) is 11.8 Å². The molecule has 4 rings (SSSR count). The molecule has 0 bridgehead atoms. The molecule has 5 nitrogen and oxygen atoms in total. The van der Waals surface area contributed by atoms with Crippen LogP contribution in [0.25, 0.3) is 0 Å². The van der Waals surface area contributed by atoms with E-state index in [1.807, 2.05) is 48.5 Å². The Bertz CT molecular complexity index is 1380. The minimum absolute atomic E-state index is 0.236. The second-order valence-electron chi connectivity index (χ2n) is 7.73. The Morgan fingerprint density at radius 2 is 1.56 bits per heavy atom. The van der Waals surface area contributed by atoms with Crippen LogP contribution in [-0.2, 0) is 4.79 Å². The van der Waals surface area contributed by atoms with Crippen molar-refractivity contribution in [2.45, 2.75) is 10.1 Å². The molecule has 0 aromatic heterocycles. The molecule has 0 saturated carbocycles. The predicted molar refractivity (Wildman–Crippen MR) is 148 cm³/mol. The van der Waals surface area contributed by atoms with Crippen molar-refractivity contribution in [1.82, 2.24) is 0 Å². The summed E-state index contributed by atoms with van der Waals surface area (Å²) in [6.45, 7) is 0. The molecule has 0 fully saturated rings. The minimum Gasteiger partial charge on any atom is -0.495 e. The average molecular weight is 537 g/mol. The van der Waals surface area contributed by atoms with E-state index in [4.69, 9.17) is 27.9 Å². The van der Waals surface area contributed by atoms with E-state index in [9.17, 15) is 9.59 Å². The fourth-order valence-corrected chi connectivity index (χ4v) is 4.94. The van der Waals surface area contributed by atoms with Crippen LogP contribution in [0.1, 0.15) is 21.2 Å². The van der Waals surface area contributed by atoms with Crippen LogP contribution in [0.5, 0.6) is 5.75 Å². The van der Waals surface area contributed by atoms with E-state index >= 15 is 0 Å². The fourth-order valence-electron chi connectivity index (χ4n) is 3.49. The first kappa shape index (κ1) is 25.6. The summed E-state index contributed by atoms with van der Waals surface area (Å²) in [6.07, 6.45) is 0. The number of hydrogen-bond acceptors (Lipinski definition) is 4. The lowest BCUT2D eigenvalue weighted by Crippen LogP contribution is -2.19. The number of hydrogen-bond donors (Lipinski definition) is 2. The van der Waals surface area contributed by atoms with E-state index in [-0.39, 0.29) is 11.8 Å². The van der Waals surface area contributed by atoms with Crippen molar-refractivity contribution in [2.24, 2.45) is 0 Å². The standard InChI is InChI=1S/C28H22Cl2N2O3S/c1-35-25-14-13-21(30)16-24(25)32-28(34)26(18-7-3-2-4-8-18)36-23-12-6-11-22(17-23)31-27(33)19-9-5-10-20(29)15-19/h2-17,26H,1H3,(H,31,33)(H,32,34). The lowest BCUT2D eigenvalue weighted by atomic mass is 10.1. The summed E-state index contributed by atoms with van der Waals surface area (Å²) in [5, 5.41) is 6.23. The van der Waals surface area contributed by atoms with Gasteiger partial charge in [-0.1, -0.05) is 65.7 Å². The Morgan fingerprint density at radius 3 is 2.31 bits per heavy atom. The molecular weight excluding hydrogens is 515 g/mol. The molecule has 36 heavy (non-hydrogen) atoms. The number of ether oxygens (including phenoxy) is 1. The number of methoxy groups -OCH3 is 1. The largest absolute Gasteiger partial charge is 0.495 e. The molecule has 4 aromatic rings. The van der Waals surface area contributed by atoms with E-state index in [1.54, 1.807) is 48.5 Å². The van der Waals surface area contributed by atoms with E-state index in [0.717, 1.165) is 10.5 Å². The highest BCUT2D eigenvalue weighted by molar-refractivity contribution is 8.00. The fraction of sp³-hybridized carbons (Fsp3) is 0.0714. The number of nitrogens with one attached hydrogen (secondary N) is 2. The maximum absolute atomic E-state index is 13.5. The Balaban J connectivity index is 1.57. The van der Waals surface area contributed by atoms with Crippen LogP contribution in [0.4, 0.5) is 11.4 Å². The van der Waals surface area contributed by atoms with Gasteiger partial charge >= 0.3 is 0 Å². The third kappa shape index (κ3) is 6.61. The van der Waals surface area contributed by atoms with Gasteiger partial charge in [-0.05, 0) is 60.2 Å². The van der Waals surface area contributed by atoms with Crippen molar-refractivity contribution in [3.8, 4) is 5.75 Å². The maximum Gasteiger partial charge on any atom is 0.255 e. The van der Waals surface area contributed by atoms with Crippen LogP contribution in [0.15, 0.2) is 102 Å². The average Bonchev–Trinajstić information content (AvgIpc) is 2.88. The van der Waals surface area contributed by atoms with E-state index < -0.39 is 5.25 Å². The molecule has 0 saturated heterocycles. The summed E-state index contributed by atoms with van der Waals surface area (Å²) in [5.74, 6) is 0.000438. The van der Waals surface area contributed by atoms with Gasteiger partial charge in [0.1, 0.15) is 11.0 Å². The van der Waals surface area contributed by atoms with Gasteiger partial charge in [-0.25, -0.2) is 0 Å². The molecule has 4 aromatic carbocycles. The quantitative estimate of drug-likeness (QED) is 0.226. The van der Waals surface area contributed by atoms with Gasteiger partial charge < -0.3 is 15.4 Å². The number of thioether (sulfide) groups is 1. The molecule has 0 radical (unpaired) electrons. The van der Waals surface area contributed by atoms with Crippen LogP contribution >= 0.6 is 35.0 Å². The van der Waals surface area contributed by atoms with Gasteiger partial charge in [0.15, 0.2) is 0 Å². The van der Waals surface area contributed by atoms with Crippen LogP contribution in [0.3, 0.4) is 0 Å². The first-order valence-corrected chi connectivity index (χ1v) is 12.6. The SMILES string of the molecule is COc1ccc(Cl)cc1NC(=O)C(Sc1cccc(NC(=O)c2cccc(Cl)c2)c1)c1ccccc1. The Kier molecular flexibility index (Phi) is 8.54. The third-order valence-electron chi connectivity index (χ3n) is 5.19. The maximum atomic E-state index is 13.5. The highest BCUT2D eigenvalue weighted by Gasteiger charge is 2.23. The second kappa shape index (κ2) is 12.0. The first-order valence-electron chi connectivity index (χ1n) is 11.0. The van der Waals surface area contributed by atoms with Crippen molar-refractivity contribution in [3.63, 3.8) is 0 Å². The van der Waals surface area contributed by atoms with Gasteiger partial charge in [-0.3, -0.25) is 9.59 Å². The van der Waals surface area contributed by atoms with E-state index in [0.29, 0.717) is 32.7 Å². The lowest BCUT2D eigenvalue weighted by Gasteiger charge is -2.19. The molecule has 0 spiro atoms. The molecular formula is C28H22Cl2N2O3S. The molecule has 0 aliphatic rings. The Morgan fingerprint density at radius 1 is 0.806 bits per heavy atom. The number of anilines is 2. The molecule has 1 unspecified atom stereocenters. The summed E-state index contributed by atoms with van der Waals surface area (Å²) >= 11 is 13.5. The van der Waals surface area contributed by atoms with E-state index in [1.165, 1.54) is 18.9 Å². The summed E-state index contributed by atoms with van der Waals surface area (Å²) in [7, 11) is 1.53. The molecule has 2 amide bonds. The molecule has 1 atom stereocenters. The number of carbonyl (C=O) groups is 2. The van der Waals surface area contributed by atoms with Gasteiger partial charge in [0, 0.05) is 26.2 Å². The van der Waals surface area contributed by atoms with Crippen molar-refractivity contribution >= 4 is 58.2 Å². The Hall–Kier alpha value is -3.45. The number of rotatable bonds is 8. The smallest absolute Gasteiger partial charge is 0.255 e. The van der Waals surface area contributed by atoms with Crippen LogP contribution in [0.2, 0.25) is 10.0 Å². The summed E-state index contributed by atoms with van der Waals surface area (Å²) in [4.78, 5) is 26.9. The van der Waals surface area contributed by atoms with E-state index in [2.05, 4.69) is 10.6 Å². The van der Waals surface area contributed by atoms with Crippen molar-refractivity contribution < 1.29 is 14.3 Å². The minimum atomic E-state index is -0.575. The molecule has 2 N–H and O–H groups in total. The number of benzene rings is 4. The highest BCUT2D eigenvalue weighted by Crippen LogP contribution is 2.38. The van der Waals surface area contributed by atoms with Gasteiger partial charge in [0.2, 0.25) is 5.91 Å². The van der Waals surface area contributed by atoms with Crippen molar-refractivity contribution in [1.29, 1.82) is 0 Å². The van der Waals surface area contributed by atoms with Gasteiger partial charge in [-0.2, -0.15) is 0 Å².